The second-order valence-corrected chi connectivity index (χ2v) is 4.33. The van der Waals surface area contributed by atoms with Crippen LogP contribution in [0.25, 0.3) is 0 Å². The van der Waals surface area contributed by atoms with E-state index in [4.69, 9.17) is 9.47 Å². The molecular weight excluding hydrogens is 232 g/mol. The topological polar surface area (TPSA) is 52.6 Å². The van der Waals surface area contributed by atoms with E-state index in [1.54, 1.807) is 6.07 Å². The summed E-state index contributed by atoms with van der Waals surface area (Å²) in [7, 11) is 0. The summed E-state index contributed by atoms with van der Waals surface area (Å²) in [6, 6.07) is 7.56. The molecule has 1 unspecified atom stereocenters. The summed E-state index contributed by atoms with van der Waals surface area (Å²) >= 11 is 0. The van der Waals surface area contributed by atoms with Gasteiger partial charge in [0.2, 0.25) is 6.10 Å². The van der Waals surface area contributed by atoms with Crippen LogP contribution in [0.15, 0.2) is 24.3 Å². The Morgan fingerprint density at radius 2 is 2.17 bits per heavy atom. The van der Waals surface area contributed by atoms with Gasteiger partial charge in [-0.2, -0.15) is 0 Å². The van der Waals surface area contributed by atoms with Gasteiger partial charge in [0.05, 0.1) is 0 Å². The number of esters is 2. The van der Waals surface area contributed by atoms with Crippen molar-refractivity contribution < 1.29 is 19.1 Å². The molecule has 1 aromatic rings. The minimum Gasteiger partial charge on any atom is -0.451 e. The number of cyclic esters (lactones) is 2. The second-order valence-electron chi connectivity index (χ2n) is 4.33. The molecule has 0 saturated carbocycles. The highest BCUT2D eigenvalue weighted by atomic mass is 16.6. The fourth-order valence-electron chi connectivity index (χ4n) is 1.92. The van der Waals surface area contributed by atoms with Gasteiger partial charge in [-0.3, -0.25) is 0 Å². The highest BCUT2D eigenvalue weighted by Gasteiger charge is 2.31. The maximum Gasteiger partial charge on any atom is 0.352 e. The number of benzene rings is 1. The zero-order valence-electron chi connectivity index (χ0n) is 10.3. The lowest BCUT2D eigenvalue weighted by atomic mass is 10.0. The van der Waals surface area contributed by atoms with Gasteiger partial charge in [-0.1, -0.05) is 37.6 Å². The van der Waals surface area contributed by atoms with E-state index in [9.17, 15) is 9.59 Å². The van der Waals surface area contributed by atoms with Crippen LogP contribution in [0.2, 0.25) is 0 Å². The van der Waals surface area contributed by atoms with Gasteiger partial charge in [-0.05, 0) is 18.4 Å². The average Bonchev–Trinajstić information content (AvgIpc) is 2.39. The van der Waals surface area contributed by atoms with Crippen molar-refractivity contribution in [3.05, 3.63) is 35.4 Å². The van der Waals surface area contributed by atoms with Crippen LogP contribution in [0.1, 0.15) is 37.0 Å². The fourth-order valence-corrected chi connectivity index (χ4v) is 1.92. The molecule has 1 aliphatic heterocycles. The Labute approximate surface area is 106 Å². The van der Waals surface area contributed by atoms with Gasteiger partial charge in [-0.25, -0.2) is 9.59 Å². The molecule has 0 N–H and O–H groups in total. The molecule has 0 aromatic heterocycles. The molecular formula is C14H16O4. The van der Waals surface area contributed by atoms with Crippen molar-refractivity contribution in [2.75, 3.05) is 6.61 Å². The fraction of sp³-hybridized carbons (Fsp3) is 0.429. The molecule has 1 fully saturated rings. The van der Waals surface area contributed by atoms with Gasteiger partial charge in [0.15, 0.2) is 6.61 Å². The van der Waals surface area contributed by atoms with Crippen LogP contribution in [0.5, 0.6) is 0 Å². The van der Waals surface area contributed by atoms with Gasteiger partial charge in [0.1, 0.15) is 0 Å². The average molecular weight is 248 g/mol. The number of ether oxygens (including phenoxy) is 2. The van der Waals surface area contributed by atoms with Gasteiger partial charge < -0.3 is 9.47 Å². The predicted molar refractivity (Wildman–Crippen MR) is 64.8 cm³/mol. The van der Waals surface area contributed by atoms with E-state index < -0.39 is 18.0 Å². The number of hydrogen-bond donors (Lipinski definition) is 0. The summed E-state index contributed by atoms with van der Waals surface area (Å²) in [5, 5.41) is 0. The monoisotopic (exact) mass is 248 g/mol. The molecule has 0 amide bonds. The lowest BCUT2D eigenvalue weighted by molar-refractivity contribution is -0.185. The Bertz CT molecular complexity index is 453. The van der Waals surface area contributed by atoms with Crippen molar-refractivity contribution in [3.63, 3.8) is 0 Å². The third-order valence-electron chi connectivity index (χ3n) is 2.87. The Balaban J connectivity index is 2.16. The molecule has 0 radical (unpaired) electrons. The normalized spacial score (nSPS) is 19.3. The van der Waals surface area contributed by atoms with Gasteiger partial charge in [0.25, 0.3) is 0 Å². The highest BCUT2D eigenvalue weighted by molar-refractivity contribution is 5.86. The van der Waals surface area contributed by atoms with Crippen molar-refractivity contribution in [2.24, 2.45) is 0 Å². The summed E-state index contributed by atoms with van der Waals surface area (Å²) in [5.74, 6) is -0.999. The lowest BCUT2D eigenvalue weighted by Crippen LogP contribution is -2.31. The van der Waals surface area contributed by atoms with E-state index in [1.165, 1.54) is 0 Å². The van der Waals surface area contributed by atoms with Crippen molar-refractivity contribution >= 4 is 11.9 Å². The molecule has 1 heterocycles. The molecule has 0 bridgehead atoms. The molecule has 1 aromatic carbocycles. The van der Waals surface area contributed by atoms with Gasteiger partial charge in [0, 0.05) is 5.56 Å². The molecule has 2 rings (SSSR count). The number of carbonyl (C=O) groups is 2. The molecule has 1 atom stereocenters. The lowest BCUT2D eigenvalue weighted by Gasteiger charge is -2.21. The predicted octanol–water partition coefficient (Wildman–Crippen LogP) is 2.17. The standard InChI is InChI=1S/C14H16O4/c1-2-3-5-10-6-4-7-11(8-10)13-14(16)17-9-12(15)18-13/h4,6-8,13H,2-3,5,9H2,1H3. The smallest absolute Gasteiger partial charge is 0.352 e. The molecule has 96 valence electrons. The maximum absolute atomic E-state index is 11.6. The molecule has 1 saturated heterocycles. The second kappa shape index (κ2) is 5.67. The van der Waals surface area contributed by atoms with E-state index in [0.29, 0.717) is 5.56 Å². The van der Waals surface area contributed by atoms with Crippen molar-refractivity contribution in [2.45, 2.75) is 32.3 Å². The third kappa shape index (κ3) is 2.88. The van der Waals surface area contributed by atoms with Crippen molar-refractivity contribution in [1.29, 1.82) is 0 Å². The highest BCUT2D eigenvalue weighted by Crippen LogP contribution is 2.23. The SMILES string of the molecule is CCCCc1cccc(C2OC(=O)COC2=O)c1. The molecule has 18 heavy (non-hydrogen) atoms. The van der Waals surface area contributed by atoms with Crippen LogP contribution in [0.4, 0.5) is 0 Å². The summed E-state index contributed by atoms with van der Waals surface area (Å²) in [5.41, 5.74) is 1.82. The van der Waals surface area contributed by atoms with Crippen molar-refractivity contribution in [3.8, 4) is 0 Å². The Morgan fingerprint density at radius 3 is 2.94 bits per heavy atom. The van der Waals surface area contributed by atoms with Crippen LogP contribution >= 0.6 is 0 Å². The molecule has 4 heteroatoms. The Kier molecular flexibility index (Phi) is 3.97. The molecule has 0 spiro atoms. The first kappa shape index (κ1) is 12.6. The Morgan fingerprint density at radius 1 is 1.33 bits per heavy atom. The molecule has 0 aliphatic carbocycles. The summed E-state index contributed by atoms with van der Waals surface area (Å²) in [6.07, 6.45) is 2.26. The first-order valence-electron chi connectivity index (χ1n) is 6.15. The zero-order valence-corrected chi connectivity index (χ0v) is 10.3. The summed E-state index contributed by atoms with van der Waals surface area (Å²) < 4.78 is 9.80. The van der Waals surface area contributed by atoms with E-state index in [2.05, 4.69) is 6.92 Å². The third-order valence-corrected chi connectivity index (χ3v) is 2.87. The van der Waals surface area contributed by atoms with Crippen LogP contribution in [0.3, 0.4) is 0 Å². The number of unbranched alkanes of at least 4 members (excludes halogenated alkanes) is 1. The number of rotatable bonds is 4. The quantitative estimate of drug-likeness (QED) is 0.766. The van der Waals surface area contributed by atoms with Crippen molar-refractivity contribution in [1.82, 2.24) is 0 Å². The maximum atomic E-state index is 11.6. The van der Waals surface area contributed by atoms with Crippen LogP contribution in [0, 0.1) is 0 Å². The first-order chi connectivity index (χ1) is 8.70. The number of hydrogen-bond acceptors (Lipinski definition) is 4. The van der Waals surface area contributed by atoms with Gasteiger partial charge in [-0.15, -0.1) is 0 Å². The van der Waals surface area contributed by atoms with E-state index in [1.807, 2.05) is 18.2 Å². The molecule has 4 nitrogen and oxygen atoms in total. The van der Waals surface area contributed by atoms with E-state index in [0.717, 1.165) is 24.8 Å². The van der Waals surface area contributed by atoms with Crippen LogP contribution < -0.4 is 0 Å². The molecule has 1 aliphatic rings. The number of aryl methyl sites for hydroxylation is 1. The van der Waals surface area contributed by atoms with Crippen LogP contribution in [-0.2, 0) is 25.5 Å². The van der Waals surface area contributed by atoms with Gasteiger partial charge >= 0.3 is 11.9 Å². The minimum absolute atomic E-state index is 0.287. The van der Waals surface area contributed by atoms with E-state index >= 15 is 0 Å². The zero-order chi connectivity index (χ0) is 13.0. The summed E-state index contributed by atoms with van der Waals surface area (Å²) in [4.78, 5) is 22.7. The Hall–Kier alpha value is -1.84. The largest absolute Gasteiger partial charge is 0.451 e. The number of carbonyl (C=O) groups excluding carboxylic acids is 2. The summed E-state index contributed by atoms with van der Waals surface area (Å²) in [6.45, 7) is 1.84. The van der Waals surface area contributed by atoms with E-state index in [-0.39, 0.29) is 6.61 Å². The minimum atomic E-state index is -0.909. The van der Waals surface area contributed by atoms with Crippen LogP contribution in [-0.4, -0.2) is 18.5 Å². The first-order valence-corrected chi connectivity index (χ1v) is 6.15.